The fourth-order valence-corrected chi connectivity index (χ4v) is 3.45. The SMILES string of the molecule is Cc1ccc(-c2ncc(CN3CCC[C@@H]3CO)s2)o1. The van der Waals surface area contributed by atoms with E-state index in [-0.39, 0.29) is 6.61 Å². The van der Waals surface area contributed by atoms with Crippen molar-refractivity contribution in [3.63, 3.8) is 0 Å². The zero-order valence-electron chi connectivity index (χ0n) is 11.0. The average Bonchev–Trinajstić information content (AvgIpc) is 3.10. The molecule has 2 aromatic heterocycles. The van der Waals surface area contributed by atoms with Gasteiger partial charge in [0, 0.05) is 23.7 Å². The number of hydrogen-bond donors (Lipinski definition) is 1. The van der Waals surface area contributed by atoms with Crippen LogP contribution in [0.5, 0.6) is 0 Å². The molecule has 0 amide bonds. The molecule has 0 saturated carbocycles. The van der Waals surface area contributed by atoms with Gasteiger partial charge in [0.1, 0.15) is 5.76 Å². The van der Waals surface area contributed by atoms with Crippen molar-refractivity contribution < 1.29 is 9.52 Å². The monoisotopic (exact) mass is 278 g/mol. The number of thiazole rings is 1. The van der Waals surface area contributed by atoms with Gasteiger partial charge < -0.3 is 9.52 Å². The minimum absolute atomic E-state index is 0.253. The van der Waals surface area contributed by atoms with E-state index in [9.17, 15) is 5.11 Å². The summed E-state index contributed by atoms with van der Waals surface area (Å²) < 4.78 is 5.59. The number of furan rings is 1. The first kappa shape index (κ1) is 12.8. The molecule has 3 heterocycles. The zero-order valence-corrected chi connectivity index (χ0v) is 11.8. The fraction of sp³-hybridized carbons (Fsp3) is 0.500. The molecule has 1 aliphatic rings. The van der Waals surface area contributed by atoms with E-state index in [2.05, 4.69) is 9.88 Å². The Hall–Kier alpha value is -1.17. The van der Waals surface area contributed by atoms with Crippen molar-refractivity contribution in [2.45, 2.75) is 32.4 Å². The Morgan fingerprint density at radius 1 is 1.53 bits per heavy atom. The summed E-state index contributed by atoms with van der Waals surface area (Å²) in [6, 6.07) is 4.24. The fourth-order valence-electron chi connectivity index (χ4n) is 2.55. The lowest BCUT2D eigenvalue weighted by Gasteiger charge is -2.21. The van der Waals surface area contributed by atoms with E-state index >= 15 is 0 Å². The van der Waals surface area contributed by atoms with Gasteiger partial charge in [-0.1, -0.05) is 0 Å². The molecule has 0 aromatic carbocycles. The molecule has 102 valence electrons. The maximum absolute atomic E-state index is 9.33. The highest BCUT2D eigenvalue weighted by Gasteiger charge is 2.24. The first-order valence-corrected chi connectivity index (χ1v) is 7.44. The van der Waals surface area contributed by atoms with Crippen LogP contribution in [0, 0.1) is 6.92 Å². The van der Waals surface area contributed by atoms with E-state index in [0.717, 1.165) is 36.0 Å². The van der Waals surface area contributed by atoms with Crippen LogP contribution < -0.4 is 0 Å². The van der Waals surface area contributed by atoms with Crippen molar-refractivity contribution in [1.82, 2.24) is 9.88 Å². The molecule has 4 nitrogen and oxygen atoms in total. The van der Waals surface area contributed by atoms with Crippen molar-refractivity contribution in [1.29, 1.82) is 0 Å². The van der Waals surface area contributed by atoms with E-state index in [1.54, 1.807) is 11.3 Å². The quantitative estimate of drug-likeness (QED) is 0.934. The molecule has 0 aliphatic carbocycles. The number of aliphatic hydroxyl groups excluding tert-OH is 1. The van der Waals surface area contributed by atoms with Gasteiger partial charge in [-0.2, -0.15) is 0 Å². The number of aromatic nitrogens is 1. The lowest BCUT2D eigenvalue weighted by molar-refractivity contribution is 0.154. The smallest absolute Gasteiger partial charge is 0.162 e. The molecule has 3 rings (SSSR count). The molecule has 0 spiro atoms. The molecule has 5 heteroatoms. The second kappa shape index (κ2) is 5.45. The van der Waals surface area contributed by atoms with Crippen LogP contribution in [0.25, 0.3) is 10.8 Å². The van der Waals surface area contributed by atoms with Gasteiger partial charge in [-0.25, -0.2) is 4.98 Å². The maximum atomic E-state index is 9.33. The summed E-state index contributed by atoms with van der Waals surface area (Å²) in [5, 5.41) is 10.3. The lowest BCUT2D eigenvalue weighted by Crippen LogP contribution is -2.31. The number of hydrogen-bond acceptors (Lipinski definition) is 5. The van der Waals surface area contributed by atoms with Crippen LogP contribution in [0.3, 0.4) is 0 Å². The Labute approximate surface area is 116 Å². The average molecular weight is 278 g/mol. The van der Waals surface area contributed by atoms with Gasteiger partial charge in [0.25, 0.3) is 0 Å². The Morgan fingerprint density at radius 3 is 3.16 bits per heavy atom. The highest BCUT2D eigenvalue weighted by Crippen LogP contribution is 2.29. The molecule has 1 N–H and O–H groups in total. The predicted molar refractivity (Wildman–Crippen MR) is 75.1 cm³/mol. The third-order valence-corrected chi connectivity index (χ3v) is 4.57. The van der Waals surface area contributed by atoms with Crippen LogP contribution in [0.2, 0.25) is 0 Å². The van der Waals surface area contributed by atoms with Gasteiger partial charge in [-0.05, 0) is 38.4 Å². The summed E-state index contributed by atoms with van der Waals surface area (Å²) in [5.74, 6) is 1.75. The highest BCUT2D eigenvalue weighted by molar-refractivity contribution is 7.14. The largest absolute Gasteiger partial charge is 0.459 e. The highest BCUT2D eigenvalue weighted by atomic mass is 32.1. The van der Waals surface area contributed by atoms with Crippen molar-refractivity contribution in [3.05, 3.63) is 29.0 Å². The summed E-state index contributed by atoms with van der Waals surface area (Å²) in [5.41, 5.74) is 0. The van der Waals surface area contributed by atoms with Gasteiger partial charge in [0.15, 0.2) is 10.8 Å². The van der Waals surface area contributed by atoms with Crippen molar-refractivity contribution in [3.8, 4) is 10.8 Å². The molecular formula is C14H18N2O2S. The summed E-state index contributed by atoms with van der Waals surface area (Å²) in [7, 11) is 0. The van der Waals surface area contributed by atoms with E-state index in [1.165, 1.54) is 11.3 Å². The van der Waals surface area contributed by atoms with Crippen molar-refractivity contribution in [2.75, 3.05) is 13.2 Å². The van der Waals surface area contributed by atoms with Crippen LogP contribution in [0.4, 0.5) is 0 Å². The minimum Gasteiger partial charge on any atom is -0.459 e. The predicted octanol–water partition coefficient (Wildman–Crippen LogP) is 2.67. The minimum atomic E-state index is 0.253. The number of aryl methyl sites for hydroxylation is 1. The lowest BCUT2D eigenvalue weighted by atomic mass is 10.2. The van der Waals surface area contributed by atoms with E-state index in [4.69, 9.17) is 4.42 Å². The maximum Gasteiger partial charge on any atom is 0.162 e. The Kier molecular flexibility index (Phi) is 3.68. The molecule has 19 heavy (non-hydrogen) atoms. The number of likely N-dealkylation sites (tertiary alicyclic amines) is 1. The van der Waals surface area contributed by atoms with Gasteiger partial charge in [-0.15, -0.1) is 11.3 Å². The Balaban J connectivity index is 1.71. The third-order valence-electron chi connectivity index (χ3n) is 3.57. The molecule has 1 fully saturated rings. The molecule has 2 aromatic rings. The number of rotatable bonds is 4. The van der Waals surface area contributed by atoms with Crippen molar-refractivity contribution in [2.24, 2.45) is 0 Å². The molecule has 0 bridgehead atoms. The third kappa shape index (κ3) is 2.73. The molecule has 0 radical (unpaired) electrons. The molecule has 0 unspecified atom stereocenters. The standard InChI is InChI=1S/C14H18N2O2S/c1-10-4-5-13(18-10)14-15-7-12(19-14)8-16-6-2-3-11(16)9-17/h4-5,7,11,17H,2-3,6,8-9H2,1H3/t11-/m1/s1. The van der Waals surface area contributed by atoms with Gasteiger partial charge in [0.05, 0.1) is 6.61 Å². The van der Waals surface area contributed by atoms with Crippen molar-refractivity contribution >= 4 is 11.3 Å². The second-order valence-electron chi connectivity index (χ2n) is 4.99. The Bertz CT molecular complexity index is 549. The van der Waals surface area contributed by atoms with Crippen LogP contribution >= 0.6 is 11.3 Å². The number of nitrogens with zero attached hydrogens (tertiary/aromatic N) is 2. The topological polar surface area (TPSA) is 49.5 Å². The van der Waals surface area contributed by atoms with E-state index < -0.39 is 0 Å². The Morgan fingerprint density at radius 2 is 2.42 bits per heavy atom. The van der Waals surface area contributed by atoms with Crippen LogP contribution in [-0.4, -0.2) is 34.2 Å². The van der Waals surface area contributed by atoms with E-state index in [0.29, 0.717) is 6.04 Å². The number of aliphatic hydroxyl groups is 1. The van der Waals surface area contributed by atoms with Gasteiger partial charge in [-0.3, -0.25) is 4.90 Å². The summed E-state index contributed by atoms with van der Waals surface area (Å²) in [6.45, 7) is 4.14. The molecule has 1 saturated heterocycles. The summed E-state index contributed by atoms with van der Waals surface area (Å²) in [4.78, 5) is 7.99. The second-order valence-corrected chi connectivity index (χ2v) is 6.11. The van der Waals surface area contributed by atoms with Crippen LogP contribution in [0.1, 0.15) is 23.5 Å². The normalized spacial score (nSPS) is 20.2. The summed E-state index contributed by atoms with van der Waals surface area (Å²) in [6.07, 6.45) is 4.19. The first-order chi connectivity index (χ1) is 9.26. The zero-order chi connectivity index (χ0) is 13.2. The van der Waals surface area contributed by atoms with Crippen LogP contribution in [-0.2, 0) is 6.54 Å². The molecular weight excluding hydrogens is 260 g/mol. The van der Waals surface area contributed by atoms with Crippen LogP contribution in [0.15, 0.2) is 22.7 Å². The first-order valence-electron chi connectivity index (χ1n) is 6.62. The van der Waals surface area contributed by atoms with E-state index in [1.807, 2.05) is 25.3 Å². The molecule has 1 atom stereocenters. The van der Waals surface area contributed by atoms with Gasteiger partial charge >= 0.3 is 0 Å². The van der Waals surface area contributed by atoms with Gasteiger partial charge in [0.2, 0.25) is 0 Å². The summed E-state index contributed by atoms with van der Waals surface area (Å²) >= 11 is 1.67. The molecule has 1 aliphatic heterocycles.